The summed E-state index contributed by atoms with van der Waals surface area (Å²) < 4.78 is 1.26. The number of carbonyl (C=O) groups is 2. The number of amides is 3. The van der Waals surface area contributed by atoms with Crippen LogP contribution in [0.2, 0.25) is 0 Å². The Kier molecular flexibility index (Phi) is 4.52. The molecule has 5 nitrogen and oxygen atoms in total. The van der Waals surface area contributed by atoms with Crippen molar-refractivity contribution in [2.24, 2.45) is 5.92 Å². The third-order valence-electron chi connectivity index (χ3n) is 4.26. The molecule has 1 fully saturated rings. The van der Waals surface area contributed by atoms with Crippen LogP contribution in [-0.4, -0.2) is 48.9 Å². The number of carbonyl (C=O) groups excluding carboxylic acids is 2. The molecule has 1 aliphatic heterocycles. The van der Waals surface area contributed by atoms with E-state index >= 15 is 0 Å². The molecule has 1 aliphatic rings. The Morgan fingerprint density at radius 3 is 3.00 bits per heavy atom. The molecule has 6 heteroatoms. The molecule has 0 aliphatic carbocycles. The Morgan fingerprint density at radius 2 is 2.26 bits per heavy atom. The SMILES string of the molecule is CN1C[C@H](CN(C)C(=O)NCc2ccc3sccc3c2)CC1=O. The lowest BCUT2D eigenvalue weighted by molar-refractivity contribution is -0.126. The van der Waals surface area contributed by atoms with E-state index in [9.17, 15) is 9.59 Å². The lowest BCUT2D eigenvalue weighted by atomic mass is 10.1. The fourth-order valence-electron chi connectivity index (χ4n) is 2.99. The average Bonchev–Trinajstić information content (AvgIpc) is 3.11. The van der Waals surface area contributed by atoms with Crippen LogP contribution < -0.4 is 5.32 Å². The number of hydrogen-bond acceptors (Lipinski definition) is 3. The van der Waals surface area contributed by atoms with Gasteiger partial charge in [-0.2, -0.15) is 0 Å². The molecule has 122 valence electrons. The van der Waals surface area contributed by atoms with Gasteiger partial charge in [0.25, 0.3) is 0 Å². The monoisotopic (exact) mass is 331 g/mol. The second kappa shape index (κ2) is 6.58. The lowest BCUT2D eigenvalue weighted by Crippen LogP contribution is -2.40. The fourth-order valence-corrected chi connectivity index (χ4v) is 3.76. The predicted molar refractivity (Wildman–Crippen MR) is 92.4 cm³/mol. The minimum Gasteiger partial charge on any atom is -0.345 e. The van der Waals surface area contributed by atoms with Gasteiger partial charge in [-0.25, -0.2) is 4.79 Å². The highest BCUT2D eigenvalue weighted by atomic mass is 32.1. The standard InChI is InChI=1S/C17H21N3O2S/c1-19-10-13(8-16(19)21)11-20(2)17(22)18-9-12-3-4-15-14(7-12)5-6-23-15/h3-7,13H,8-11H2,1-2H3,(H,18,22)/t13-/m1/s1. The summed E-state index contributed by atoms with van der Waals surface area (Å²) in [5.74, 6) is 0.387. The van der Waals surface area contributed by atoms with Crippen LogP contribution in [0.1, 0.15) is 12.0 Å². The van der Waals surface area contributed by atoms with E-state index in [2.05, 4.69) is 28.9 Å². The Morgan fingerprint density at radius 1 is 1.43 bits per heavy atom. The number of urea groups is 1. The number of likely N-dealkylation sites (tertiary alicyclic amines) is 1. The minimum absolute atomic E-state index is 0.0996. The molecular weight excluding hydrogens is 310 g/mol. The summed E-state index contributed by atoms with van der Waals surface area (Å²) in [4.78, 5) is 27.1. The molecule has 0 spiro atoms. The quantitative estimate of drug-likeness (QED) is 0.936. The van der Waals surface area contributed by atoms with Crippen molar-refractivity contribution in [1.82, 2.24) is 15.1 Å². The molecule has 3 rings (SSSR count). The first kappa shape index (κ1) is 15.8. The molecule has 1 aromatic heterocycles. The smallest absolute Gasteiger partial charge is 0.317 e. The van der Waals surface area contributed by atoms with Crippen molar-refractivity contribution in [3.8, 4) is 0 Å². The van der Waals surface area contributed by atoms with E-state index in [1.807, 2.05) is 13.1 Å². The number of thiophene rings is 1. The highest BCUT2D eigenvalue weighted by Gasteiger charge is 2.28. The Balaban J connectivity index is 1.51. The molecule has 0 bridgehead atoms. The van der Waals surface area contributed by atoms with Crippen LogP contribution in [0.3, 0.4) is 0 Å². The number of nitrogens with one attached hydrogen (secondary N) is 1. The molecule has 0 unspecified atom stereocenters. The van der Waals surface area contributed by atoms with Crippen molar-refractivity contribution >= 4 is 33.4 Å². The van der Waals surface area contributed by atoms with Crippen molar-refractivity contribution in [2.75, 3.05) is 27.2 Å². The Bertz CT molecular complexity index is 727. The van der Waals surface area contributed by atoms with E-state index in [-0.39, 0.29) is 17.9 Å². The molecule has 1 atom stereocenters. The van der Waals surface area contributed by atoms with Crippen LogP contribution in [0.15, 0.2) is 29.6 Å². The average molecular weight is 331 g/mol. The van der Waals surface area contributed by atoms with E-state index < -0.39 is 0 Å². The maximum Gasteiger partial charge on any atom is 0.317 e. The number of benzene rings is 1. The van der Waals surface area contributed by atoms with E-state index in [0.29, 0.717) is 19.5 Å². The van der Waals surface area contributed by atoms with Gasteiger partial charge in [-0.3, -0.25) is 4.79 Å². The number of rotatable bonds is 4. The van der Waals surface area contributed by atoms with Gasteiger partial charge in [-0.15, -0.1) is 11.3 Å². The van der Waals surface area contributed by atoms with Crippen molar-refractivity contribution in [1.29, 1.82) is 0 Å². The van der Waals surface area contributed by atoms with Gasteiger partial charge in [0.15, 0.2) is 0 Å². The maximum absolute atomic E-state index is 12.2. The predicted octanol–water partition coefficient (Wildman–Crippen LogP) is 2.52. The van der Waals surface area contributed by atoms with E-state index in [1.54, 1.807) is 28.2 Å². The number of nitrogens with zero attached hydrogens (tertiary/aromatic N) is 2. The third-order valence-corrected chi connectivity index (χ3v) is 5.16. The summed E-state index contributed by atoms with van der Waals surface area (Å²) >= 11 is 1.72. The van der Waals surface area contributed by atoms with Crippen LogP contribution in [0.25, 0.3) is 10.1 Å². The van der Waals surface area contributed by atoms with Crippen LogP contribution in [0.5, 0.6) is 0 Å². The molecule has 1 saturated heterocycles. The van der Waals surface area contributed by atoms with Crippen LogP contribution in [-0.2, 0) is 11.3 Å². The third kappa shape index (κ3) is 3.64. The first-order chi connectivity index (χ1) is 11.0. The first-order valence-corrected chi connectivity index (χ1v) is 8.60. The van der Waals surface area contributed by atoms with Crippen molar-refractivity contribution in [2.45, 2.75) is 13.0 Å². The van der Waals surface area contributed by atoms with Gasteiger partial charge < -0.3 is 15.1 Å². The van der Waals surface area contributed by atoms with Crippen LogP contribution >= 0.6 is 11.3 Å². The molecule has 0 radical (unpaired) electrons. The summed E-state index contributed by atoms with van der Waals surface area (Å²) in [7, 11) is 3.59. The van der Waals surface area contributed by atoms with Gasteiger partial charge in [-0.05, 0) is 34.5 Å². The Hall–Kier alpha value is -2.08. The first-order valence-electron chi connectivity index (χ1n) is 7.72. The molecular formula is C17H21N3O2S. The summed E-state index contributed by atoms with van der Waals surface area (Å²) in [5, 5.41) is 6.22. The van der Waals surface area contributed by atoms with Gasteiger partial charge in [0, 0.05) is 50.8 Å². The normalized spacial score (nSPS) is 17.7. The van der Waals surface area contributed by atoms with E-state index in [0.717, 1.165) is 12.1 Å². The molecule has 1 N–H and O–H groups in total. The summed E-state index contributed by atoms with van der Waals surface area (Å²) in [6.45, 7) is 1.84. The van der Waals surface area contributed by atoms with Crippen LogP contribution in [0, 0.1) is 5.92 Å². The molecule has 2 heterocycles. The molecule has 1 aromatic carbocycles. The van der Waals surface area contributed by atoms with Gasteiger partial charge in [0.05, 0.1) is 0 Å². The summed E-state index contributed by atoms with van der Waals surface area (Å²) in [6, 6.07) is 8.23. The Labute approximate surface area is 139 Å². The zero-order chi connectivity index (χ0) is 16.4. The fraction of sp³-hybridized carbons (Fsp3) is 0.412. The second-order valence-electron chi connectivity index (χ2n) is 6.18. The second-order valence-corrected chi connectivity index (χ2v) is 7.12. The van der Waals surface area contributed by atoms with Crippen molar-refractivity contribution in [3.63, 3.8) is 0 Å². The lowest BCUT2D eigenvalue weighted by Gasteiger charge is -2.21. The molecule has 0 saturated carbocycles. The number of fused-ring (bicyclic) bond motifs is 1. The maximum atomic E-state index is 12.2. The topological polar surface area (TPSA) is 52.6 Å². The number of hydrogen-bond donors (Lipinski definition) is 1. The highest BCUT2D eigenvalue weighted by molar-refractivity contribution is 7.17. The van der Waals surface area contributed by atoms with E-state index in [4.69, 9.17) is 0 Å². The van der Waals surface area contributed by atoms with Gasteiger partial charge >= 0.3 is 6.03 Å². The highest BCUT2D eigenvalue weighted by Crippen LogP contribution is 2.21. The molecule has 3 amide bonds. The summed E-state index contributed by atoms with van der Waals surface area (Å²) in [6.07, 6.45) is 0.531. The van der Waals surface area contributed by atoms with Gasteiger partial charge in [0.2, 0.25) is 5.91 Å². The van der Waals surface area contributed by atoms with Gasteiger partial charge in [0.1, 0.15) is 0 Å². The van der Waals surface area contributed by atoms with Gasteiger partial charge in [-0.1, -0.05) is 6.07 Å². The zero-order valence-corrected chi connectivity index (χ0v) is 14.2. The summed E-state index contributed by atoms with van der Waals surface area (Å²) in [5.41, 5.74) is 1.09. The molecule has 2 aromatic rings. The zero-order valence-electron chi connectivity index (χ0n) is 13.4. The minimum atomic E-state index is -0.0996. The van der Waals surface area contributed by atoms with Crippen LogP contribution in [0.4, 0.5) is 4.79 Å². The van der Waals surface area contributed by atoms with E-state index in [1.165, 1.54) is 10.1 Å². The largest absolute Gasteiger partial charge is 0.345 e. The van der Waals surface area contributed by atoms with Crippen molar-refractivity contribution < 1.29 is 9.59 Å². The molecule has 23 heavy (non-hydrogen) atoms. The van der Waals surface area contributed by atoms with Crippen molar-refractivity contribution in [3.05, 3.63) is 35.2 Å².